The van der Waals surface area contributed by atoms with Crippen molar-refractivity contribution in [3.8, 4) is 0 Å². The summed E-state index contributed by atoms with van der Waals surface area (Å²) < 4.78 is 0. The minimum absolute atomic E-state index is 0.127. The summed E-state index contributed by atoms with van der Waals surface area (Å²) in [4.78, 5) is 2.39. The number of β-amino-alcohol motifs (C(OH)–C–C–N with tert-alkyl or cyclic N) is 1. The molecule has 1 aliphatic heterocycles. The Balaban J connectivity index is 1.92. The number of nitrogens with zero attached hydrogens (tertiary/aromatic N) is 1. The van der Waals surface area contributed by atoms with Gasteiger partial charge in [-0.1, -0.05) is 18.2 Å². The lowest BCUT2D eigenvalue weighted by Gasteiger charge is -2.26. The molecule has 2 nitrogen and oxygen atoms in total. The van der Waals surface area contributed by atoms with E-state index in [2.05, 4.69) is 29.2 Å². The van der Waals surface area contributed by atoms with Crippen molar-refractivity contribution < 1.29 is 5.11 Å². The van der Waals surface area contributed by atoms with Crippen molar-refractivity contribution in [1.82, 2.24) is 0 Å². The fraction of sp³-hybridized carbons (Fsp3) is 0.500. The zero-order valence-electron chi connectivity index (χ0n) is 8.19. The van der Waals surface area contributed by atoms with Crippen molar-refractivity contribution in [2.45, 2.75) is 30.9 Å². The van der Waals surface area contributed by atoms with E-state index in [1.165, 1.54) is 18.5 Å². The van der Waals surface area contributed by atoms with Gasteiger partial charge in [-0.2, -0.15) is 0 Å². The molecule has 1 N–H and O–H groups in total. The van der Waals surface area contributed by atoms with Crippen LogP contribution in [0.25, 0.3) is 0 Å². The third-order valence-corrected chi connectivity index (χ3v) is 3.48. The molecule has 74 valence electrons. The maximum absolute atomic E-state index is 9.69. The lowest BCUT2D eigenvalue weighted by Crippen LogP contribution is -2.31. The monoisotopic (exact) mass is 189 g/mol. The molecule has 2 fully saturated rings. The highest BCUT2D eigenvalue weighted by Gasteiger charge is 2.53. The van der Waals surface area contributed by atoms with Gasteiger partial charge in [-0.3, -0.25) is 0 Å². The number of anilines is 1. The van der Waals surface area contributed by atoms with Gasteiger partial charge >= 0.3 is 0 Å². The van der Waals surface area contributed by atoms with Crippen molar-refractivity contribution in [3.63, 3.8) is 0 Å². The van der Waals surface area contributed by atoms with Crippen LogP contribution in [0.2, 0.25) is 0 Å². The Morgan fingerprint density at radius 3 is 2.57 bits per heavy atom. The van der Waals surface area contributed by atoms with Crippen molar-refractivity contribution in [3.05, 3.63) is 30.3 Å². The van der Waals surface area contributed by atoms with E-state index >= 15 is 0 Å². The van der Waals surface area contributed by atoms with Gasteiger partial charge in [-0.05, 0) is 31.4 Å². The predicted molar refractivity (Wildman–Crippen MR) is 56.4 cm³/mol. The molecule has 3 rings (SSSR count). The van der Waals surface area contributed by atoms with E-state index in [0.717, 1.165) is 13.0 Å². The molecular weight excluding hydrogens is 174 g/mol. The second-order valence-electron chi connectivity index (χ2n) is 4.53. The Labute approximate surface area is 84.2 Å². The normalized spacial score (nSPS) is 28.4. The van der Waals surface area contributed by atoms with Crippen LogP contribution in [-0.2, 0) is 0 Å². The number of hydrogen-bond acceptors (Lipinski definition) is 2. The second kappa shape index (κ2) is 2.74. The average molecular weight is 189 g/mol. The highest BCUT2D eigenvalue weighted by atomic mass is 16.3. The number of aliphatic hydroxyl groups is 1. The van der Waals surface area contributed by atoms with Crippen LogP contribution in [0.15, 0.2) is 30.3 Å². The predicted octanol–water partition coefficient (Wildman–Crippen LogP) is 1.79. The molecule has 14 heavy (non-hydrogen) atoms. The van der Waals surface area contributed by atoms with Crippen LogP contribution in [0.4, 0.5) is 5.69 Å². The maximum atomic E-state index is 9.69. The van der Waals surface area contributed by atoms with Crippen molar-refractivity contribution in [2.24, 2.45) is 0 Å². The number of para-hydroxylation sites is 1. The number of rotatable bonds is 1. The van der Waals surface area contributed by atoms with E-state index < -0.39 is 0 Å². The molecule has 0 unspecified atom stereocenters. The van der Waals surface area contributed by atoms with Crippen molar-refractivity contribution in [2.75, 3.05) is 11.4 Å². The van der Waals surface area contributed by atoms with E-state index in [0.29, 0.717) is 5.54 Å². The third-order valence-electron chi connectivity index (χ3n) is 3.48. The summed E-state index contributed by atoms with van der Waals surface area (Å²) in [6.07, 6.45) is 3.33. The number of benzene rings is 1. The Morgan fingerprint density at radius 1 is 1.21 bits per heavy atom. The van der Waals surface area contributed by atoms with Gasteiger partial charge in [0.25, 0.3) is 0 Å². The van der Waals surface area contributed by atoms with Gasteiger partial charge in [-0.25, -0.2) is 0 Å². The lowest BCUT2D eigenvalue weighted by atomic mass is 10.1. The summed E-state index contributed by atoms with van der Waals surface area (Å²) in [6.45, 7) is 0.810. The van der Waals surface area contributed by atoms with Gasteiger partial charge in [0.2, 0.25) is 0 Å². The molecule has 1 spiro atoms. The topological polar surface area (TPSA) is 23.5 Å². The van der Waals surface area contributed by atoms with E-state index in [1.807, 2.05) is 6.07 Å². The van der Waals surface area contributed by atoms with E-state index in [1.54, 1.807) is 0 Å². The fourth-order valence-corrected chi connectivity index (χ4v) is 2.62. The molecule has 0 aromatic heterocycles. The Hall–Kier alpha value is -1.02. The third kappa shape index (κ3) is 1.14. The highest BCUT2D eigenvalue weighted by Crippen LogP contribution is 2.51. The Bertz CT molecular complexity index is 331. The largest absolute Gasteiger partial charge is 0.391 e. The number of hydrogen-bond donors (Lipinski definition) is 1. The van der Waals surface area contributed by atoms with Crippen LogP contribution < -0.4 is 4.90 Å². The smallest absolute Gasteiger partial charge is 0.0737 e. The minimum Gasteiger partial charge on any atom is -0.391 e. The second-order valence-corrected chi connectivity index (χ2v) is 4.53. The molecule has 1 saturated heterocycles. The molecule has 2 aliphatic rings. The lowest BCUT2D eigenvalue weighted by molar-refractivity contribution is 0.193. The molecule has 0 amide bonds. The van der Waals surface area contributed by atoms with Gasteiger partial charge in [0.05, 0.1) is 6.10 Å². The zero-order valence-corrected chi connectivity index (χ0v) is 8.19. The first-order valence-electron chi connectivity index (χ1n) is 5.31. The molecule has 0 bridgehead atoms. The molecule has 1 saturated carbocycles. The molecule has 0 radical (unpaired) electrons. The van der Waals surface area contributed by atoms with Crippen LogP contribution in [0.3, 0.4) is 0 Å². The summed E-state index contributed by atoms with van der Waals surface area (Å²) in [7, 11) is 0. The van der Waals surface area contributed by atoms with E-state index in [-0.39, 0.29) is 6.10 Å². The fourth-order valence-electron chi connectivity index (χ4n) is 2.62. The first kappa shape index (κ1) is 8.30. The molecule has 1 aliphatic carbocycles. The summed E-state index contributed by atoms with van der Waals surface area (Å²) in [6, 6.07) is 10.4. The first-order valence-corrected chi connectivity index (χ1v) is 5.31. The quantitative estimate of drug-likeness (QED) is 0.728. The average Bonchev–Trinajstić information content (AvgIpc) is 2.87. The molecular formula is C12H15NO. The molecule has 1 heterocycles. The highest BCUT2D eigenvalue weighted by molar-refractivity contribution is 5.52. The summed E-state index contributed by atoms with van der Waals surface area (Å²) in [5, 5.41) is 9.69. The molecule has 1 aromatic rings. The van der Waals surface area contributed by atoms with Crippen LogP contribution in [0, 0.1) is 0 Å². The maximum Gasteiger partial charge on any atom is 0.0737 e. The van der Waals surface area contributed by atoms with E-state index in [9.17, 15) is 5.11 Å². The molecule has 2 heteroatoms. The van der Waals surface area contributed by atoms with Crippen molar-refractivity contribution in [1.29, 1.82) is 0 Å². The van der Waals surface area contributed by atoms with Crippen LogP contribution in [0.1, 0.15) is 19.3 Å². The number of aliphatic hydroxyl groups excluding tert-OH is 1. The standard InChI is InChI=1S/C12H15NO/c14-11-8-12(6-7-12)13(9-11)10-4-2-1-3-5-10/h1-5,11,14H,6-9H2/t11-/m0/s1. The van der Waals surface area contributed by atoms with Crippen LogP contribution >= 0.6 is 0 Å². The van der Waals surface area contributed by atoms with Gasteiger partial charge in [0.15, 0.2) is 0 Å². The minimum atomic E-state index is -0.127. The van der Waals surface area contributed by atoms with Crippen LogP contribution in [0.5, 0.6) is 0 Å². The van der Waals surface area contributed by atoms with Gasteiger partial charge in [0, 0.05) is 17.8 Å². The molecule has 1 atom stereocenters. The van der Waals surface area contributed by atoms with Crippen LogP contribution in [-0.4, -0.2) is 23.3 Å². The summed E-state index contributed by atoms with van der Waals surface area (Å²) in [5.41, 5.74) is 1.59. The van der Waals surface area contributed by atoms with Gasteiger partial charge in [-0.15, -0.1) is 0 Å². The van der Waals surface area contributed by atoms with Gasteiger partial charge in [0.1, 0.15) is 0 Å². The summed E-state index contributed by atoms with van der Waals surface area (Å²) >= 11 is 0. The Kier molecular flexibility index (Phi) is 1.62. The first-order chi connectivity index (χ1) is 6.80. The Morgan fingerprint density at radius 2 is 1.93 bits per heavy atom. The zero-order chi connectivity index (χ0) is 9.60. The SMILES string of the molecule is O[C@@H]1CN(c2ccccc2)C2(CC2)C1. The van der Waals surface area contributed by atoms with Gasteiger partial charge < -0.3 is 10.0 Å². The van der Waals surface area contributed by atoms with Crippen molar-refractivity contribution >= 4 is 5.69 Å². The molecule has 1 aromatic carbocycles. The van der Waals surface area contributed by atoms with E-state index in [4.69, 9.17) is 0 Å². The summed E-state index contributed by atoms with van der Waals surface area (Å²) in [5.74, 6) is 0.